The fourth-order valence-corrected chi connectivity index (χ4v) is 4.44. The maximum Gasteiger partial charge on any atom is 0.432 e. The SMILES string of the molecule is CC(=O)O[C@@H]1[C@@H](OC(C)=O)[C@H](C)O[C@H](n2cc(-c3cc(C(F)(F)F)[nH]n3)c3ccccc32)[C@@H]1OC(C)=O. The first-order chi connectivity index (χ1) is 17.4. The topological polar surface area (TPSA) is 122 Å². The largest absolute Gasteiger partial charge is 0.456 e. The fourth-order valence-electron chi connectivity index (χ4n) is 4.44. The molecule has 13 heteroatoms. The molecule has 3 heterocycles. The Labute approximate surface area is 208 Å². The minimum Gasteiger partial charge on any atom is -0.456 e. The van der Waals surface area contributed by atoms with Crippen molar-refractivity contribution in [2.45, 2.75) is 64.5 Å². The number of hydrogen-bond acceptors (Lipinski definition) is 8. The Hall–Kier alpha value is -3.87. The van der Waals surface area contributed by atoms with E-state index in [1.54, 1.807) is 35.8 Å². The Balaban J connectivity index is 1.85. The van der Waals surface area contributed by atoms with Gasteiger partial charge in [-0.3, -0.25) is 19.5 Å². The van der Waals surface area contributed by atoms with Gasteiger partial charge in [-0.15, -0.1) is 0 Å². The molecule has 0 spiro atoms. The zero-order valence-electron chi connectivity index (χ0n) is 20.2. The number of carbonyl (C=O) groups excluding carboxylic acids is 3. The Morgan fingerprint density at radius 3 is 2.16 bits per heavy atom. The number of para-hydroxylation sites is 1. The van der Waals surface area contributed by atoms with Crippen molar-refractivity contribution in [3.05, 3.63) is 42.2 Å². The molecule has 0 amide bonds. The summed E-state index contributed by atoms with van der Waals surface area (Å²) in [7, 11) is 0. The van der Waals surface area contributed by atoms with Crippen molar-refractivity contribution in [3.63, 3.8) is 0 Å². The summed E-state index contributed by atoms with van der Waals surface area (Å²) in [5.74, 6) is -2.09. The number of nitrogens with one attached hydrogen (secondary N) is 1. The van der Waals surface area contributed by atoms with E-state index in [1.165, 1.54) is 13.1 Å². The first-order valence-electron chi connectivity index (χ1n) is 11.3. The number of hydrogen-bond donors (Lipinski definition) is 1. The maximum atomic E-state index is 13.2. The van der Waals surface area contributed by atoms with Crippen LogP contribution < -0.4 is 0 Å². The molecule has 2 aromatic heterocycles. The zero-order chi connectivity index (χ0) is 27.1. The Morgan fingerprint density at radius 1 is 0.973 bits per heavy atom. The van der Waals surface area contributed by atoms with Crippen LogP contribution in [0.1, 0.15) is 39.6 Å². The Morgan fingerprint density at radius 2 is 1.57 bits per heavy atom. The standard InChI is InChI=1S/C24H24F3N3O7/c1-11-20(35-12(2)31)21(36-13(3)32)22(37-14(4)33)23(34-11)30-10-16(15-7-5-6-8-18(15)30)17-9-19(29-28-17)24(25,26)27/h5-11,20-23H,1-4H3,(H,28,29)/t11-,20-,21+,22+,23-/m0/s1. The molecule has 0 aliphatic carbocycles. The van der Waals surface area contributed by atoms with Gasteiger partial charge in [0, 0.05) is 37.9 Å². The van der Waals surface area contributed by atoms with Crippen molar-refractivity contribution in [2.24, 2.45) is 0 Å². The number of H-pyrrole nitrogens is 1. The van der Waals surface area contributed by atoms with E-state index in [1.807, 2.05) is 5.10 Å². The van der Waals surface area contributed by atoms with Crippen molar-refractivity contribution in [1.82, 2.24) is 14.8 Å². The molecule has 0 saturated carbocycles. The summed E-state index contributed by atoms with van der Waals surface area (Å²) in [5, 5.41) is 6.38. The van der Waals surface area contributed by atoms with Crippen LogP contribution in [-0.2, 0) is 39.5 Å². The van der Waals surface area contributed by atoms with E-state index in [0.29, 0.717) is 16.5 Å². The normalized spacial score (nSPS) is 24.0. The number of benzene rings is 1. The highest BCUT2D eigenvalue weighted by Crippen LogP contribution is 2.40. The summed E-state index contributed by atoms with van der Waals surface area (Å²) in [5.41, 5.74) is -0.106. The minimum atomic E-state index is -4.62. The highest BCUT2D eigenvalue weighted by Gasteiger charge is 2.51. The third kappa shape index (κ3) is 5.31. The molecule has 3 aromatic rings. The van der Waals surface area contributed by atoms with Crippen LogP contribution in [-0.4, -0.2) is 57.1 Å². The van der Waals surface area contributed by atoms with Crippen molar-refractivity contribution in [1.29, 1.82) is 0 Å². The highest BCUT2D eigenvalue weighted by atomic mass is 19.4. The van der Waals surface area contributed by atoms with Crippen LogP contribution in [0.3, 0.4) is 0 Å². The van der Waals surface area contributed by atoms with Crippen LogP contribution >= 0.6 is 0 Å². The molecule has 37 heavy (non-hydrogen) atoms. The summed E-state index contributed by atoms with van der Waals surface area (Å²) in [6.07, 6.45) is -8.61. The monoisotopic (exact) mass is 523 g/mol. The van der Waals surface area contributed by atoms with Gasteiger partial charge in [0.25, 0.3) is 0 Å². The first-order valence-corrected chi connectivity index (χ1v) is 11.3. The van der Waals surface area contributed by atoms with Crippen LogP contribution in [0.4, 0.5) is 13.2 Å². The maximum absolute atomic E-state index is 13.2. The molecule has 5 atom stereocenters. The number of esters is 3. The van der Waals surface area contributed by atoms with Gasteiger partial charge in [0.05, 0.1) is 17.3 Å². The number of aromatic amines is 1. The Bertz CT molecular complexity index is 1330. The van der Waals surface area contributed by atoms with Gasteiger partial charge in [0.2, 0.25) is 0 Å². The number of nitrogens with zero attached hydrogens (tertiary/aromatic N) is 2. The van der Waals surface area contributed by atoms with Crippen molar-refractivity contribution in [3.8, 4) is 11.3 Å². The van der Waals surface area contributed by atoms with Crippen molar-refractivity contribution < 1.29 is 46.5 Å². The van der Waals surface area contributed by atoms with E-state index in [9.17, 15) is 27.6 Å². The molecule has 1 aliphatic heterocycles. The molecule has 1 aliphatic rings. The van der Waals surface area contributed by atoms with E-state index >= 15 is 0 Å². The first kappa shape index (κ1) is 26.2. The molecule has 0 bridgehead atoms. The summed E-state index contributed by atoms with van der Waals surface area (Å²) in [4.78, 5) is 35.8. The van der Waals surface area contributed by atoms with Gasteiger partial charge in [-0.1, -0.05) is 18.2 Å². The van der Waals surface area contributed by atoms with E-state index in [-0.39, 0.29) is 5.69 Å². The predicted molar refractivity (Wildman–Crippen MR) is 121 cm³/mol. The average molecular weight is 523 g/mol. The molecule has 1 saturated heterocycles. The third-order valence-corrected chi connectivity index (χ3v) is 5.83. The Kier molecular flexibility index (Phi) is 7.00. The quantitative estimate of drug-likeness (QED) is 0.396. The molecule has 1 fully saturated rings. The lowest BCUT2D eigenvalue weighted by Gasteiger charge is -2.44. The lowest BCUT2D eigenvalue weighted by Crippen LogP contribution is -2.58. The van der Waals surface area contributed by atoms with Crippen LogP contribution in [0.25, 0.3) is 22.2 Å². The van der Waals surface area contributed by atoms with Gasteiger partial charge < -0.3 is 23.5 Å². The molecular formula is C24H24F3N3O7. The van der Waals surface area contributed by atoms with Crippen molar-refractivity contribution >= 4 is 28.8 Å². The second kappa shape index (κ2) is 9.88. The van der Waals surface area contributed by atoms with Crippen LogP contribution in [0.15, 0.2) is 36.5 Å². The lowest BCUT2D eigenvalue weighted by atomic mass is 9.97. The second-order valence-electron chi connectivity index (χ2n) is 8.59. The zero-order valence-corrected chi connectivity index (χ0v) is 20.2. The molecule has 0 unspecified atom stereocenters. The predicted octanol–water partition coefficient (Wildman–Crippen LogP) is 3.76. The average Bonchev–Trinajstić information content (AvgIpc) is 3.42. The van der Waals surface area contributed by atoms with Crippen LogP contribution in [0.5, 0.6) is 0 Å². The smallest absolute Gasteiger partial charge is 0.432 e. The molecule has 10 nitrogen and oxygen atoms in total. The fraction of sp³-hybridized carbons (Fsp3) is 0.417. The summed E-state index contributed by atoms with van der Waals surface area (Å²) >= 11 is 0. The van der Waals surface area contributed by atoms with E-state index in [0.717, 1.165) is 19.9 Å². The number of ether oxygens (including phenoxy) is 4. The number of alkyl halides is 3. The summed E-state index contributed by atoms with van der Waals surface area (Å²) < 4.78 is 63.6. The van der Waals surface area contributed by atoms with Gasteiger partial charge in [-0.05, 0) is 19.1 Å². The highest BCUT2D eigenvalue weighted by molar-refractivity contribution is 5.95. The van der Waals surface area contributed by atoms with Gasteiger partial charge >= 0.3 is 24.1 Å². The van der Waals surface area contributed by atoms with E-state index in [2.05, 4.69) is 5.10 Å². The van der Waals surface area contributed by atoms with Crippen molar-refractivity contribution in [2.75, 3.05) is 0 Å². The second-order valence-corrected chi connectivity index (χ2v) is 8.59. The van der Waals surface area contributed by atoms with Gasteiger partial charge in [0.1, 0.15) is 5.69 Å². The number of fused-ring (bicyclic) bond motifs is 1. The van der Waals surface area contributed by atoms with Crippen LogP contribution in [0, 0.1) is 0 Å². The molecule has 1 aromatic carbocycles. The molecule has 198 valence electrons. The molecule has 1 N–H and O–H groups in total. The van der Waals surface area contributed by atoms with E-state index in [4.69, 9.17) is 18.9 Å². The molecular weight excluding hydrogens is 499 g/mol. The number of aromatic nitrogens is 3. The van der Waals surface area contributed by atoms with E-state index < -0.39 is 60.4 Å². The van der Waals surface area contributed by atoms with Gasteiger partial charge in [0.15, 0.2) is 24.5 Å². The minimum absolute atomic E-state index is 0.0319. The third-order valence-electron chi connectivity index (χ3n) is 5.83. The summed E-state index contributed by atoms with van der Waals surface area (Å²) in [6, 6.07) is 7.71. The number of carbonyl (C=O) groups is 3. The van der Waals surface area contributed by atoms with Gasteiger partial charge in [-0.25, -0.2) is 0 Å². The number of halogens is 3. The van der Waals surface area contributed by atoms with Crippen LogP contribution in [0.2, 0.25) is 0 Å². The van der Waals surface area contributed by atoms with Gasteiger partial charge in [-0.2, -0.15) is 18.3 Å². The summed E-state index contributed by atoms with van der Waals surface area (Å²) in [6.45, 7) is 5.08. The molecule has 4 rings (SSSR count). The molecule has 0 radical (unpaired) electrons. The number of rotatable bonds is 5. The lowest BCUT2D eigenvalue weighted by molar-refractivity contribution is -0.258.